The van der Waals surface area contributed by atoms with E-state index in [9.17, 15) is 9.90 Å². The molecular formula is C21H33NO4. The van der Waals surface area contributed by atoms with Gasteiger partial charge in [-0.3, -0.25) is 4.79 Å². The van der Waals surface area contributed by atoms with Crippen molar-refractivity contribution in [1.29, 1.82) is 0 Å². The fourth-order valence-electron chi connectivity index (χ4n) is 4.17. The minimum Gasteiger partial charge on any atom is -0.497 e. The quantitative estimate of drug-likeness (QED) is 0.781. The van der Waals surface area contributed by atoms with Crippen LogP contribution in [0.25, 0.3) is 0 Å². The van der Waals surface area contributed by atoms with Gasteiger partial charge in [-0.15, -0.1) is 0 Å². The first kappa shape index (κ1) is 20.6. The van der Waals surface area contributed by atoms with Gasteiger partial charge in [-0.25, -0.2) is 0 Å². The van der Waals surface area contributed by atoms with Crippen molar-refractivity contribution in [2.75, 3.05) is 20.8 Å². The summed E-state index contributed by atoms with van der Waals surface area (Å²) in [7, 11) is 3.25. The third-order valence-electron chi connectivity index (χ3n) is 5.61. The van der Waals surface area contributed by atoms with E-state index in [1.54, 1.807) is 14.2 Å². The Morgan fingerprint density at radius 3 is 2.65 bits per heavy atom. The molecule has 0 heterocycles. The molecule has 1 aromatic carbocycles. The predicted molar refractivity (Wildman–Crippen MR) is 103 cm³/mol. The fourth-order valence-corrected chi connectivity index (χ4v) is 4.17. The highest BCUT2D eigenvalue weighted by Crippen LogP contribution is 2.41. The first-order chi connectivity index (χ1) is 12.3. The van der Waals surface area contributed by atoms with E-state index in [-0.39, 0.29) is 17.7 Å². The number of carbonyl (C=O) groups excluding carboxylic acids is 1. The lowest BCUT2D eigenvalue weighted by Crippen LogP contribution is -2.56. The maximum atomic E-state index is 12.8. The molecule has 0 bridgehead atoms. The zero-order chi connectivity index (χ0) is 19.3. The van der Waals surface area contributed by atoms with E-state index in [2.05, 4.69) is 26.1 Å². The van der Waals surface area contributed by atoms with Crippen molar-refractivity contribution in [3.8, 4) is 11.5 Å². The van der Waals surface area contributed by atoms with E-state index in [1.807, 2.05) is 18.2 Å². The molecule has 0 saturated heterocycles. The zero-order valence-electron chi connectivity index (χ0n) is 16.7. The molecule has 26 heavy (non-hydrogen) atoms. The normalized spacial score (nSPS) is 25.8. The van der Waals surface area contributed by atoms with Crippen molar-refractivity contribution in [1.82, 2.24) is 5.32 Å². The van der Waals surface area contributed by atoms with Gasteiger partial charge < -0.3 is 19.9 Å². The molecule has 5 nitrogen and oxygen atoms in total. The summed E-state index contributed by atoms with van der Waals surface area (Å²) in [5.74, 6) is 1.92. The Balaban J connectivity index is 2.03. The molecule has 2 rings (SSSR count). The third-order valence-corrected chi connectivity index (χ3v) is 5.61. The first-order valence-corrected chi connectivity index (χ1v) is 9.53. The first-order valence-electron chi connectivity index (χ1n) is 9.53. The van der Waals surface area contributed by atoms with Crippen LogP contribution >= 0.6 is 0 Å². The molecule has 5 heteroatoms. The number of methoxy groups -OCH3 is 2. The number of benzene rings is 1. The molecule has 0 radical (unpaired) electrons. The van der Waals surface area contributed by atoms with Crippen molar-refractivity contribution in [2.45, 2.75) is 52.1 Å². The zero-order valence-corrected chi connectivity index (χ0v) is 16.7. The summed E-state index contributed by atoms with van der Waals surface area (Å²) < 4.78 is 10.6. The smallest absolute Gasteiger partial charge is 0.252 e. The minimum atomic E-state index is -1.27. The lowest BCUT2D eigenvalue weighted by molar-refractivity contribution is -0.155. The summed E-state index contributed by atoms with van der Waals surface area (Å²) in [5.41, 5.74) is -0.304. The summed E-state index contributed by atoms with van der Waals surface area (Å²) >= 11 is 0. The number of nitrogens with one attached hydrogen (secondary N) is 1. The number of carbonyl (C=O) groups is 1. The van der Waals surface area contributed by atoms with Gasteiger partial charge in [-0.1, -0.05) is 27.2 Å². The maximum Gasteiger partial charge on any atom is 0.252 e. The molecule has 3 atom stereocenters. The van der Waals surface area contributed by atoms with Crippen LogP contribution < -0.4 is 14.8 Å². The maximum absolute atomic E-state index is 12.8. The summed E-state index contributed by atoms with van der Waals surface area (Å²) in [5, 5.41) is 14.1. The van der Waals surface area contributed by atoms with Crippen LogP contribution in [0.5, 0.6) is 11.5 Å². The van der Waals surface area contributed by atoms with Gasteiger partial charge >= 0.3 is 0 Å². The van der Waals surface area contributed by atoms with E-state index in [4.69, 9.17) is 9.47 Å². The van der Waals surface area contributed by atoms with Crippen LogP contribution in [0.4, 0.5) is 0 Å². The highest BCUT2D eigenvalue weighted by atomic mass is 16.5. The molecule has 0 aromatic heterocycles. The van der Waals surface area contributed by atoms with E-state index in [1.165, 1.54) is 0 Å². The van der Waals surface area contributed by atoms with Crippen LogP contribution in [0.1, 0.15) is 45.6 Å². The van der Waals surface area contributed by atoms with Gasteiger partial charge in [0.1, 0.15) is 17.1 Å². The third kappa shape index (κ3) is 4.50. The van der Waals surface area contributed by atoms with Crippen molar-refractivity contribution in [3.05, 3.63) is 23.8 Å². The van der Waals surface area contributed by atoms with Crippen molar-refractivity contribution >= 4 is 5.91 Å². The SMILES string of the molecule is COc1ccc(OC)c(CCNC(=O)[C@]2(O)C[C@H](C)CC[C@H]2C(C)C)c1. The van der Waals surface area contributed by atoms with E-state index in [0.29, 0.717) is 25.3 Å². The van der Waals surface area contributed by atoms with Crippen molar-refractivity contribution in [2.24, 2.45) is 17.8 Å². The largest absolute Gasteiger partial charge is 0.497 e. The number of hydrogen-bond acceptors (Lipinski definition) is 4. The molecule has 0 spiro atoms. The minimum absolute atomic E-state index is 0.00468. The summed E-state index contributed by atoms with van der Waals surface area (Å²) in [6, 6.07) is 5.63. The average molecular weight is 363 g/mol. The van der Waals surface area contributed by atoms with Crippen LogP contribution in [-0.2, 0) is 11.2 Å². The standard InChI is InChI=1S/C21H33NO4/c1-14(2)18-8-6-15(3)13-21(18,24)20(23)22-11-10-16-12-17(25-4)7-9-19(16)26-5/h7,9,12,14-15,18,24H,6,8,10-11,13H2,1-5H3,(H,22,23)/t15-,18+,21+/m1/s1. The summed E-state index contributed by atoms with van der Waals surface area (Å²) in [4.78, 5) is 12.8. The van der Waals surface area contributed by atoms with Crippen LogP contribution in [0.3, 0.4) is 0 Å². The second kappa shape index (κ2) is 8.76. The number of ether oxygens (including phenoxy) is 2. The van der Waals surface area contributed by atoms with Crippen LogP contribution in [0.2, 0.25) is 0 Å². The van der Waals surface area contributed by atoms with E-state index in [0.717, 1.165) is 29.9 Å². The van der Waals surface area contributed by atoms with Crippen molar-refractivity contribution in [3.63, 3.8) is 0 Å². The highest BCUT2D eigenvalue weighted by molar-refractivity contribution is 5.85. The van der Waals surface area contributed by atoms with Gasteiger partial charge in [0.15, 0.2) is 0 Å². The Bertz CT molecular complexity index is 616. The Hall–Kier alpha value is -1.75. The number of amides is 1. The lowest BCUT2D eigenvalue weighted by atomic mass is 9.66. The average Bonchev–Trinajstić information content (AvgIpc) is 2.61. The molecule has 1 aliphatic rings. The topological polar surface area (TPSA) is 67.8 Å². The Morgan fingerprint density at radius 2 is 2.04 bits per heavy atom. The molecule has 1 amide bonds. The second-order valence-corrected chi connectivity index (χ2v) is 7.85. The Morgan fingerprint density at radius 1 is 1.31 bits per heavy atom. The second-order valence-electron chi connectivity index (χ2n) is 7.85. The van der Waals surface area contributed by atoms with Gasteiger partial charge in [-0.05, 0) is 60.8 Å². The molecule has 2 N–H and O–H groups in total. The Labute approximate surface area is 157 Å². The fraction of sp³-hybridized carbons (Fsp3) is 0.667. The van der Waals surface area contributed by atoms with Gasteiger partial charge in [0.05, 0.1) is 14.2 Å². The number of hydrogen-bond donors (Lipinski definition) is 2. The van der Waals surface area contributed by atoms with Crippen LogP contribution in [-0.4, -0.2) is 37.4 Å². The highest BCUT2D eigenvalue weighted by Gasteiger charge is 2.48. The Kier molecular flexibility index (Phi) is 6.93. The predicted octanol–water partition coefficient (Wildman–Crippen LogP) is 3.19. The molecule has 1 fully saturated rings. The number of aliphatic hydroxyl groups is 1. The molecule has 1 aromatic rings. The number of rotatable bonds is 7. The molecular weight excluding hydrogens is 330 g/mol. The molecule has 1 saturated carbocycles. The monoisotopic (exact) mass is 363 g/mol. The molecule has 146 valence electrons. The lowest BCUT2D eigenvalue weighted by Gasteiger charge is -2.43. The van der Waals surface area contributed by atoms with Crippen molar-refractivity contribution < 1.29 is 19.4 Å². The van der Waals surface area contributed by atoms with Gasteiger partial charge in [0.2, 0.25) is 0 Å². The molecule has 0 unspecified atom stereocenters. The summed E-state index contributed by atoms with van der Waals surface area (Å²) in [6.07, 6.45) is 3.11. The molecule has 1 aliphatic carbocycles. The van der Waals surface area contributed by atoms with Gasteiger partial charge in [0, 0.05) is 6.54 Å². The van der Waals surface area contributed by atoms with E-state index < -0.39 is 5.60 Å². The van der Waals surface area contributed by atoms with Gasteiger partial charge in [-0.2, -0.15) is 0 Å². The molecule has 0 aliphatic heterocycles. The van der Waals surface area contributed by atoms with Crippen LogP contribution in [0, 0.1) is 17.8 Å². The van der Waals surface area contributed by atoms with Crippen LogP contribution in [0.15, 0.2) is 18.2 Å². The summed E-state index contributed by atoms with van der Waals surface area (Å²) in [6.45, 7) is 6.72. The van der Waals surface area contributed by atoms with E-state index >= 15 is 0 Å². The van der Waals surface area contributed by atoms with Gasteiger partial charge in [0.25, 0.3) is 5.91 Å².